The molecule has 7 heteroatoms. The van der Waals surface area contributed by atoms with Crippen LogP contribution < -0.4 is 5.32 Å². The van der Waals surface area contributed by atoms with Crippen molar-refractivity contribution in [2.24, 2.45) is 0 Å². The van der Waals surface area contributed by atoms with Crippen molar-refractivity contribution in [2.45, 2.75) is 32.4 Å². The second kappa shape index (κ2) is 8.71. The minimum absolute atomic E-state index is 0.143. The van der Waals surface area contributed by atoms with Gasteiger partial charge in [-0.25, -0.2) is 9.59 Å². The summed E-state index contributed by atoms with van der Waals surface area (Å²) in [6, 6.07) is 1.66. The fourth-order valence-corrected chi connectivity index (χ4v) is 2.97. The van der Waals surface area contributed by atoms with Crippen LogP contribution in [0.2, 0.25) is 0 Å². The number of piperidine rings is 1. The van der Waals surface area contributed by atoms with E-state index in [1.807, 2.05) is 6.08 Å². The Hall–Kier alpha value is -2.28. The Bertz CT molecular complexity index is 618. The number of furan rings is 1. The summed E-state index contributed by atoms with van der Waals surface area (Å²) in [4.78, 5) is 27.8. The number of amides is 2. The van der Waals surface area contributed by atoms with E-state index in [1.165, 1.54) is 7.11 Å². The molecule has 0 radical (unpaired) electrons. The number of hydrogen-bond donors (Lipinski definition) is 1. The Morgan fingerprint density at radius 1 is 1.48 bits per heavy atom. The highest BCUT2D eigenvalue weighted by molar-refractivity contribution is 5.90. The predicted octanol–water partition coefficient (Wildman–Crippen LogP) is 2.17. The van der Waals surface area contributed by atoms with E-state index < -0.39 is 5.97 Å². The topological polar surface area (TPSA) is 75.0 Å². The van der Waals surface area contributed by atoms with Crippen LogP contribution in [0.25, 0.3) is 0 Å². The van der Waals surface area contributed by atoms with Crippen LogP contribution in [0.4, 0.5) is 4.79 Å². The average molecular weight is 349 g/mol. The van der Waals surface area contributed by atoms with E-state index in [4.69, 9.17) is 9.15 Å². The summed E-state index contributed by atoms with van der Waals surface area (Å²) in [5, 5.41) is 3.06. The molecule has 0 aromatic carbocycles. The second-order valence-electron chi connectivity index (χ2n) is 6.34. The van der Waals surface area contributed by atoms with Crippen LogP contribution in [0.5, 0.6) is 0 Å². The zero-order valence-electron chi connectivity index (χ0n) is 15.2. The molecule has 0 saturated carbocycles. The molecule has 0 bridgehead atoms. The van der Waals surface area contributed by atoms with Gasteiger partial charge < -0.3 is 19.4 Å². The van der Waals surface area contributed by atoms with Gasteiger partial charge in [0.1, 0.15) is 17.1 Å². The van der Waals surface area contributed by atoms with Gasteiger partial charge in [0, 0.05) is 32.7 Å². The molecule has 1 N–H and O–H groups in total. The molecule has 1 aromatic heterocycles. The molecule has 1 fully saturated rings. The third-order valence-electron chi connectivity index (χ3n) is 4.42. The second-order valence-corrected chi connectivity index (χ2v) is 6.34. The van der Waals surface area contributed by atoms with Crippen LogP contribution in [0.3, 0.4) is 0 Å². The number of hydrogen-bond acceptors (Lipinski definition) is 5. The third kappa shape index (κ3) is 5.09. The summed E-state index contributed by atoms with van der Waals surface area (Å²) in [7, 11) is 3.03. The van der Waals surface area contributed by atoms with E-state index in [0.717, 1.165) is 32.5 Å². The Morgan fingerprint density at radius 2 is 2.16 bits per heavy atom. The van der Waals surface area contributed by atoms with Crippen molar-refractivity contribution in [1.82, 2.24) is 15.1 Å². The van der Waals surface area contributed by atoms with E-state index in [0.29, 0.717) is 23.6 Å². The maximum absolute atomic E-state index is 12.4. The minimum Gasteiger partial charge on any atom is -0.465 e. The fourth-order valence-electron chi connectivity index (χ4n) is 2.97. The SMILES string of the molecule is C=CCN1CCC(NC(=O)N(C)Cc2cc(C(=O)OC)c(C)o2)CC1. The Morgan fingerprint density at radius 3 is 2.76 bits per heavy atom. The van der Waals surface area contributed by atoms with Gasteiger partial charge in [0.15, 0.2) is 0 Å². The minimum atomic E-state index is -0.439. The highest BCUT2D eigenvalue weighted by Crippen LogP contribution is 2.17. The van der Waals surface area contributed by atoms with Crippen molar-refractivity contribution < 1.29 is 18.7 Å². The van der Waals surface area contributed by atoms with E-state index in [2.05, 4.69) is 16.8 Å². The van der Waals surface area contributed by atoms with Crippen molar-refractivity contribution in [3.8, 4) is 0 Å². The molecule has 138 valence electrons. The van der Waals surface area contributed by atoms with Gasteiger partial charge in [-0.1, -0.05) is 6.08 Å². The molecule has 0 unspecified atom stereocenters. The number of aryl methyl sites for hydroxylation is 1. The lowest BCUT2D eigenvalue weighted by Crippen LogP contribution is -2.48. The first-order valence-corrected chi connectivity index (χ1v) is 8.47. The molecular weight excluding hydrogens is 322 g/mol. The van der Waals surface area contributed by atoms with Crippen molar-refractivity contribution in [3.63, 3.8) is 0 Å². The number of likely N-dealkylation sites (tertiary alicyclic amines) is 1. The van der Waals surface area contributed by atoms with Crippen LogP contribution in [-0.4, -0.2) is 61.6 Å². The molecule has 1 aliphatic rings. The predicted molar refractivity (Wildman–Crippen MR) is 94.4 cm³/mol. The summed E-state index contributed by atoms with van der Waals surface area (Å²) in [6.45, 7) is 8.55. The summed E-state index contributed by atoms with van der Waals surface area (Å²) in [5.41, 5.74) is 0.390. The summed E-state index contributed by atoms with van der Waals surface area (Å²) >= 11 is 0. The summed E-state index contributed by atoms with van der Waals surface area (Å²) in [6.07, 6.45) is 3.76. The van der Waals surface area contributed by atoms with Gasteiger partial charge in [0.25, 0.3) is 0 Å². The summed E-state index contributed by atoms with van der Waals surface area (Å²) < 4.78 is 10.3. The molecule has 0 atom stereocenters. The van der Waals surface area contributed by atoms with Crippen molar-refractivity contribution in [3.05, 3.63) is 35.8 Å². The highest BCUT2D eigenvalue weighted by Gasteiger charge is 2.22. The van der Waals surface area contributed by atoms with E-state index in [1.54, 1.807) is 24.9 Å². The number of carbonyl (C=O) groups excluding carboxylic acids is 2. The van der Waals surface area contributed by atoms with Crippen LogP contribution in [0.15, 0.2) is 23.1 Å². The van der Waals surface area contributed by atoms with Gasteiger partial charge in [-0.05, 0) is 25.8 Å². The normalized spacial score (nSPS) is 15.6. The molecular formula is C18H27N3O4. The number of rotatable bonds is 6. The van der Waals surface area contributed by atoms with E-state index >= 15 is 0 Å². The molecule has 1 aliphatic heterocycles. The third-order valence-corrected chi connectivity index (χ3v) is 4.42. The fraction of sp³-hybridized carbons (Fsp3) is 0.556. The van der Waals surface area contributed by atoms with Crippen LogP contribution >= 0.6 is 0 Å². The van der Waals surface area contributed by atoms with Gasteiger partial charge in [0.05, 0.1) is 13.7 Å². The molecule has 2 heterocycles. The quantitative estimate of drug-likeness (QED) is 0.629. The maximum atomic E-state index is 12.4. The number of carbonyl (C=O) groups is 2. The highest BCUT2D eigenvalue weighted by atomic mass is 16.5. The Kier molecular flexibility index (Phi) is 6.64. The first-order chi connectivity index (χ1) is 11.9. The summed E-state index contributed by atoms with van der Waals surface area (Å²) in [5.74, 6) is 0.604. The first-order valence-electron chi connectivity index (χ1n) is 8.47. The molecule has 25 heavy (non-hydrogen) atoms. The number of nitrogens with zero attached hydrogens (tertiary/aromatic N) is 2. The monoisotopic (exact) mass is 349 g/mol. The number of urea groups is 1. The van der Waals surface area contributed by atoms with E-state index in [-0.39, 0.29) is 12.1 Å². The molecule has 0 spiro atoms. The van der Waals surface area contributed by atoms with Crippen molar-refractivity contribution in [1.29, 1.82) is 0 Å². The lowest BCUT2D eigenvalue weighted by atomic mass is 10.1. The molecule has 2 amide bonds. The van der Waals surface area contributed by atoms with Crippen LogP contribution in [-0.2, 0) is 11.3 Å². The average Bonchev–Trinajstić information content (AvgIpc) is 2.96. The van der Waals surface area contributed by atoms with Gasteiger partial charge in [-0.15, -0.1) is 6.58 Å². The van der Waals surface area contributed by atoms with Crippen LogP contribution in [0.1, 0.15) is 34.7 Å². The molecule has 2 rings (SSSR count). The van der Waals surface area contributed by atoms with E-state index in [9.17, 15) is 9.59 Å². The first kappa shape index (κ1) is 19.1. The lowest BCUT2D eigenvalue weighted by Gasteiger charge is -2.32. The van der Waals surface area contributed by atoms with Gasteiger partial charge in [-0.3, -0.25) is 4.90 Å². The molecule has 7 nitrogen and oxygen atoms in total. The lowest BCUT2D eigenvalue weighted by molar-refractivity contribution is 0.0598. The number of methoxy groups -OCH3 is 1. The van der Waals surface area contributed by atoms with Gasteiger partial charge in [0.2, 0.25) is 0 Å². The Balaban J connectivity index is 1.84. The maximum Gasteiger partial charge on any atom is 0.341 e. The molecule has 1 aromatic rings. The van der Waals surface area contributed by atoms with Crippen molar-refractivity contribution >= 4 is 12.0 Å². The number of esters is 1. The smallest absolute Gasteiger partial charge is 0.341 e. The number of ether oxygens (including phenoxy) is 1. The number of nitrogens with one attached hydrogen (secondary N) is 1. The largest absolute Gasteiger partial charge is 0.465 e. The van der Waals surface area contributed by atoms with Crippen molar-refractivity contribution in [2.75, 3.05) is 33.8 Å². The van der Waals surface area contributed by atoms with Gasteiger partial charge in [-0.2, -0.15) is 0 Å². The molecule has 0 aliphatic carbocycles. The van der Waals surface area contributed by atoms with Crippen LogP contribution in [0, 0.1) is 6.92 Å². The zero-order chi connectivity index (χ0) is 18.4. The zero-order valence-corrected chi connectivity index (χ0v) is 15.2. The standard InChI is InChI=1S/C18H27N3O4/c1-5-8-21-9-6-14(7-10-21)19-18(23)20(3)12-15-11-16(13(2)25-15)17(22)24-4/h5,11,14H,1,6-10,12H2,2-4H3,(H,19,23). The van der Waals surface area contributed by atoms with Gasteiger partial charge >= 0.3 is 12.0 Å². The Labute approximate surface area is 148 Å². The molecule has 1 saturated heterocycles.